The molecule has 3 rings (SSSR count). The number of carbonyl (C=O) groups is 2. The Morgan fingerprint density at radius 2 is 1.77 bits per heavy atom. The number of benzene rings is 1. The largest absolute Gasteiger partial charge is 0.467 e. The number of amides is 2. The molecule has 168 valence electrons. The van der Waals surface area contributed by atoms with Gasteiger partial charge in [-0.25, -0.2) is 0 Å². The maximum atomic E-state index is 13.3. The van der Waals surface area contributed by atoms with Crippen LogP contribution in [0.25, 0.3) is 0 Å². The standard InChI is InChI=1S/C24H32N2O5/c1-3-5-6-9-23(27)25(12-4-2)17-24(28)26(16-20-8-7-13-29-20)15-19-10-11-21-22(14-19)31-18-30-21/h7-8,10-11,13-14H,3-6,9,12,15-18H2,1-2H3. The molecule has 1 aliphatic rings. The van der Waals surface area contributed by atoms with Crippen LogP contribution < -0.4 is 9.47 Å². The van der Waals surface area contributed by atoms with Crippen molar-refractivity contribution in [2.45, 2.75) is 59.0 Å². The lowest BCUT2D eigenvalue weighted by Gasteiger charge is -2.27. The number of hydrogen-bond donors (Lipinski definition) is 0. The fourth-order valence-corrected chi connectivity index (χ4v) is 3.59. The predicted molar refractivity (Wildman–Crippen MR) is 117 cm³/mol. The molecule has 0 bridgehead atoms. The molecule has 1 aromatic carbocycles. The van der Waals surface area contributed by atoms with E-state index in [0.717, 1.165) is 31.2 Å². The minimum Gasteiger partial charge on any atom is -0.467 e. The maximum absolute atomic E-state index is 13.3. The first-order valence-corrected chi connectivity index (χ1v) is 11.1. The topological polar surface area (TPSA) is 72.2 Å². The molecule has 0 N–H and O–H groups in total. The Morgan fingerprint density at radius 3 is 2.52 bits per heavy atom. The molecular weight excluding hydrogens is 396 g/mol. The second kappa shape index (κ2) is 11.4. The molecule has 0 unspecified atom stereocenters. The summed E-state index contributed by atoms with van der Waals surface area (Å²) in [6, 6.07) is 9.33. The molecule has 7 heteroatoms. The Labute approximate surface area is 183 Å². The molecular formula is C24H32N2O5. The summed E-state index contributed by atoms with van der Waals surface area (Å²) in [6.45, 7) is 5.72. The average Bonchev–Trinajstić information content (AvgIpc) is 3.44. The van der Waals surface area contributed by atoms with Gasteiger partial charge in [0.1, 0.15) is 5.76 Å². The molecule has 0 saturated carbocycles. The van der Waals surface area contributed by atoms with Gasteiger partial charge in [-0.05, 0) is 42.7 Å². The van der Waals surface area contributed by atoms with Crippen molar-refractivity contribution in [2.24, 2.45) is 0 Å². The second-order valence-electron chi connectivity index (χ2n) is 7.79. The van der Waals surface area contributed by atoms with Crippen LogP contribution in [0.3, 0.4) is 0 Å². The van der Waals surface area contributed by atoms with Crippen molar-refractivity contribution in [2.75, 3.05) is 19.9 Å². The van der Waals surface area contributed by atoms with E-state index in [4.69, 9.17) is 13.9 Å². The van der Waals surface area contributed by atoms with Crippen LogP contribution in [0, 0.1) is 0 Å². The maximum Gasteiger partial charge on any atom is 0.242 e. The zero-order valence-corrected chi connectivity index (χ0v) is 18.5. The van der Waals surface area contributed by atoms with E-state index < -0.39 is 0 Å². The van der Waals surface area contributed by atoms with Crippen LogP contribution in [0.5, 0.6) is 11.5 Å². The fourth-order valence-electron chi connectivity index (χ4n) is 3.59. The third-order valence-electron chi connectivity index (χ3n) is 5.26. The van der Waals surface area contributed by atoms with Gasteiger partial charge in [0.15, 0.2) is 11.5 Å². The van der Waals surface area contributed by atoms with Crippen molar-refractivity contribution in [3.05, 3.63) is 47.9 Å². The molecule has 0 aliphatic carbocycles. The number of carbonyl (C=O) groups excluding carboxylic acids is 2. The van der Waals surface area contributed by atoms with E-state index in [9.17, 15) is 9.59 Å². The molecule has 31 heavy (non-hydrogen) atoms. The molecule has 7 nitrogen and oxygen atoms in total. The van der Waals surface area contributed by atoms with Crippen LogP contribution >= 0.6 is 0 Å². The normalized spacial score (nSPS) is 12.1. The van der Waals surface area contributed by atoms with E-state index in [2.05, 4.69) is 6.92 Å². The Kier molecular flexibility index (Phi) is 8.38. The first-order valence-electron chi connectivity index (χ1n) is 11.1. The summed E-state index contributed by atoms with van der Waals surface area (Å²) >= 11 is 0. The second-order valence-corrected chi connectivity index (χ2v) is 7.79. The highest BCUT2D eigenvalue weighted by molar-refractivity contribution is 5.84. The number of ether oxygens (including phenoxy) is 2. The highest BCUT2D eigenvalue weighted by atomic mass is 16.7. The van der Waals surface area contributed by atoms with Gasteiger partial charge < -0.3 is 23.7 Å². The van der Waals surface area contributed by atoms with E-state index in [-0.39, 0.29) is 25.2 Å². The van der Waals surface area contributed by atoms with Gasteiger partial charge in [-0.2, -0.15) is 0 Å². The number of fused-ring (bicyclic) bond motifs is 1. The molecule has 1 aliphatic heterocycles. The van der Waals surface area contributed by atoms with Crippen LogP contribution in [-0.2, 0) is 22.7 Å². The number of rotatable bonds is 12. The van der Waals surface area contributed by atoms with Gasteiger partial charge in [-0.3, -0.25) is 9.59 Å². The number of hydrogen-bond acceptors (Lipinski definition) is 5. The molecule has 0 spiro atoms. The molecule has 0 saturated heterocycles. The third-order valence-corrected chi connectivity index (χ3v) is 5.26. The quantitative estimate of drug-likeness (QED) is 0.470. The van der Waals surface area contributed by atoms with Crippen molar-refractivity contribution in [1.82, 2.24) is 9.80 Å². The van der Waals surface area contributed by atoms with Crippen molar-refractivity contribution in [1.29, 1.82) is 0 Å². The molecule has 2 amide bonds. The molecule has 2 aromatic rings. The molecule has 1 aromatic heterocycles. The summed E-state index contributed by atoms with van der Waals surface area (Å²) in [5, 5.41) is 0. The van der Waals surface area contributed by atoms with Gasteiger partial charge in [-0.15, -0.1) is 0 Å². The van der Waals surface area contributed by atoms with Crippen LogP contribution in [0.1, 0.15) is 57.3 Å². The van der Waals surface area contributed by atoms with Gasteiger partial charge in [0.05, 0.1) is 19.4 Å². The first kappa shape index (κ1) is 22.7. The summed E-state index contributed by atoms with van der Waals surface area (Å²) < 4.78 is 16.3. The van der Waals surface area contributed by atoms with Crippen molar-refractivity contribution < 1.29 is 23.5 Å². The highest BCUT2D eigenvalue weighted by Gasteiger charge is 2.23. The Balaban J connectivity index is 1.70. The van der Waals surface area contributed by atoms with Crippen LogP contribution in [0.2, 0.25) is 0 Å². The number of nitrogens with zero attached hydrogens (tertiary/aromatic N) is 2. The lowest BCUT2D eigenvalue weighted by atomic mass is 10.1. The monoisotopic (exact) mass is 428 g/mol. The van der Waals surface area contributed by atoms with Gasteiger partial charge in [0.25, 0.3) is 0 Å². The Bertz CT molecular complexity index is 850. The zero-order chi connectivity index (χ0) is 22.1. The van der Waals surface area contributed by atoms with Gasteiger partial charge >= 0.3 is 0 Å². The van der Waals surface area contributed by atoms with Crippen LogP contribution in [-0.4, -0.2) is 41.5 Å². The van der Waals surface area contributed by atoms with Gasteiger partial charge in [-0.1, -0.05) is 32.8 Å². The van der Waals surface area contributed by atoms with E-state index in [1.807, 2.05) is 31.2 Å². The smallest absolute Gasteiger partial charge is 0.242 e. The molecule has 2 heterocycles. The van der Waals surface area contributed by atoms with Crippen molar-refractivity contribution in [3.63, 3.8) is 0 Å². The minimum atomic E-state index is -0.105. The molecule has 0 radical (unpaired) electrons. The van der Waals surface area contributed by atoms with E-state index in [1.165, 1.54) is 0 Å². The minimum absolute atomic E-state index is 0.0460. The van der Waals surface area contributed by atoms with Crippen LogP contribution in [0.4, 0.5) is 0 Å². The Hall–Kier alpha value is -2.96. The highest BCUT2D eigenvalue weighted by Crippen LogP contribution is 2.33. The van der Waals surface area contributed by atoms with Gasteiger partial charge in [0, 0.05) is 19.5 Å². The SMILES string of the molecule is CCCCCC(=O)N(CCC)CC(=O)N(Cc1ccc2c(c1)OCO2)Cc1ccco1. The fraction of sp³-hybridized carbons (Fsp3) is 0.500. The van der Waals surface area contributed by atoms with Crippen molar-refractivity contribution >= 4 is 11.8 Å². The predicted octanol–water partition coefficient (Wildman–Crippen LogP) is 4.36. The lowest BCUT2D eigenvalue weighted by molar-refractivity contribution is -0.141. The van der Waals surface area contributed by atoms with E-state index >= 15 is 0 Å². The number of unbranched alkanes of at least 4 members (excludes halogenated alkanes) is 2. The van der Waals surface area contributed by atoms with Crippen LogP contribution in [0.15, 0.2) is 41.0 Å². The van der Waals surface area contributed by atoms with E-state index in [0.29, 0.717) is 43.3 Å². The molecule has 0 atom stereocenters. The summed E-state index contributed by atoms with van der Waals surface area (Å²) in [5.74, 6) is 2.03. The third kappa shape index (κ3) is 6.51. The Morgan fingerprint density at radius 1 is 0.935 bits per heavy atom. The average molecular weight is 429 g/mol. The summed E-state index contributed by atoms with van der Waals surface area (Å²) in [6.07, 6.45) is 5.84. The number of furan rings is 1. The molecule has 0 fully saturated rings. The summed E-state index contributed by atoms with van der Waals surface area (Å²) in [4.78, 5) is 29.3. The van der Waals surface area contributed by atoms with Crippen molar-refractivity contribution in [3.8, 4) is 11.5 Å². The van der Waals surface area contributed by atoms with Gasteiger partial charge in [0.2, 0.25) is 18.6 Å². The lowest BCUT2D eigenvalue weighted by Crippen LogP contribution is -2.42. The summed E-state index contributed by atoms with van der Waals surface area (Å²) in [5.41, 5.74) is 0.931. The summed E-state index contributed by atoms with van der Waals surface area (Å²) in [7, 11) is 0. The zero-order valence-electron chi connectivity index (χ0n) is 18.5. The van der Waals surface area contributed by atoms with E-state index in [1.54, 1.807) is 22.1 Å². The first-order chi connectivity index (χ1) is 15.1.